The first-order valence-electron chi connectivity index (χ1n) is 9.24. The maximum absolute atomic E-state index is 12.9. The van der Waals surface area contributed by atoms with E-state index in [1.165, 1.54) is 0 Å². The first-order valence-corrected chi connectivity index (χ1v) is 9.24. The van der Waals surface area contributed by atoms with Crippen LogP contribution in [0.3, 0.4) is 0 Å². The number of carbonyl (C=O) groups excluding carboxylic acids is 1. The van der Waals surface area contributed by atoms with Gasteiger partial charge < -0.3 is 14.6 Å². The van der Waals surface area contributed by atoms with Crippen molar-refractivity contribution in [3.05, 3.63) is 60.2 Å². The molecule has 0 bridgehead atoms. The van der Waals surface area contributed by atoms with E-state index in [4.69, 9.17) is 0 Å². The maximum Gasteiger partial charge on any atom is 0.242 e. The number of aliphatic hydroxyl groups excluding tert-OH is 1. The topological polar surface area (TPSA) is 76.2 Å². The summed E-state index contributed by atoms with van der Waals surface area (Å²) in [5.74, 6) is 0.842. The Balaban J connectivity index is 1.48. The van der Waals surface area contributed by atoms with Crippen LogP contribution in [-0.2, 0) is 24.4 Å². The van der Waals surface area contributed by atoms with E-state index in [1.807, 2.05) is 63.7 Å². The van der Waals surface area contributed by atoms with E-state index >= 15 is 0 Å². The largest absolute Gasteiger partial charge is 0.387 e. The smallest absolute Gasteiger partial charge is 0.242 e. The number of aromatic nitrogens is 4. The predicted octanol–water partition coefficient (Wildman–Crippen LogP) is 2.23. The van der Waals surface area contributed by atoms with Crippen molar-refractivity contribution < 1.29 is 9.90 Å². The molecule has 0 aliphatic carbocycles. The van der Waals surface area contributed by atoms with Gasteiger partial charge >= 0.3 is 0 Å². The fourth-order valence-corrected chi connectivity index (χ4v) is 3.40. The number of hydrogen-bond acceptors (Lipinski definition) is 4. The van der Waals surface area contributed by atoms with Crippen molar-refractivity contribution in [1.82, 2.24) is 24.2 Å². The second-order valence-corrected chi connectivity index (χ2v) is 6.77. The Morgan fingerprint density at radius 1 is 1.26 bits per heavy atom. The molecule has 0 radical (unpaired) electrons. The van der Waals surface area contributed by atoms with E-state index in [9.17, 15) is 9.90 Å². The Hall–Kier alpha value is -2.93. The highest BCUT2D eigenvalue weighted by molar-refractivity contribution is 5.77. The van der Waals surface area contributed by atoms with Gasteiger partial charge in [-0.15, -0.1) is 0 Å². The lowest BCUT2D eigenvalue weighted by atomic mass is 10.2. The Morgan fingerprint density at radius 2 is 2.07 bits per heavy atom. The van der Waals surface area contributed by atoms with Crippen LogP contribution in [0.5, 0.6) is 0 Å². The lowest BCUT2D eigenvalue weighted by Gasteiger charge is -2.28. The van der Waals surface area contributed by atoms with Gasteiger partial charge in [0.2, 0.25) is 5.91 Å². The molecule has 0 fully saturated rings. The van der Waals surface area contributed by atoms with Crippen molar-refractivity contribution in [2.75, 3.05) is 6.54 Å². The summed E-state index contributed by atoms with van der Waals surface area (Å²) in [5, 5.41) is 14.5. The van der Waals surface area contributed by atoms with Crippen molar-refractivity contribution in [1.29, 1.82) is 0 Å². The van der Waals surface area contributed by atoms with Gasteiger partial charge in [-0.05, 0) is 12.5 Å². The second kappa shape index (κ2) is 7.36. The standard InChI is InChI=1S/C20H23N5O2/c1-2-18(26)17-12-16-13-23(10-11-25(16)22-17)19(27)14-24-9-8-21-20(24)15-6-4-3-5-7-15/h3-9,12,18,26H,2,10-11,13-14H2,1H3/t18-/m0/s1. The molecule has 1 aliphatic rings. The number of carbonyl (C=O) groups is 1. The van der Waals surface area contributed by atoms with Crippen LogP contribution in [0, 0.1) is 0 Å². The van der Waals surface area contributed by atoms with Gasteiger partial charge in [0.25, 0.3) is 0 Å². The van der Waals surface area contributed by atoms with Gasteiger partial charge in [-0.2, -0.15) is 5.10 Å². The quantitative estimate of drug-likeness (QED) is 0.752. The monoisotopic (exact) mass is 365 g/mol. The molecule has 1 aliphatic heterocycles. The van der Waals surface area contributed by atoms with E-state index in [-0.39, 0.29) is 12.5 Å². The summed E-state index contributed by atoms with van der Waals surface area (Å²) in [5.41, 5.74) is 2.64. The van der Waals surface area contributed by atoms with Gasteiger partial charge in [-0.1, -0.05) is 37.3 Å². The molecule has 1 aromatic carbocycles. The summed E-state index contributed by atoms with van der Waals surface area (Å²) in [6.45, 7) is 3.95. The normalized spacial score (nSPS) is 14.8. The summed E-state index contributed by atoms with van der Waals surface area (Å²) in [6.07, 6.45) is 3.64. The first-order chi connectivity index (χ1) is 13.2. The number of amides is 1. The molecule has 1 atom stereocenters. The average Bonchev–Trinajstić information content (AvgIpc) is 3.34. The maximum atomic E-state index is 12.9. The summed E-state index contributed by atoms with van der Waals surface area (Å²) in [4.78, 5) is 19.1. The van der Waals surface area contributed by atoms with Crippen LogP contribution in [-0.4, -0.2) is 41.8 Å². The fourth-order valence-electron chi connectivity index (χ4n) is 3.40. The third-order valence-electron chi connectivity index (χ3n) is 4.95. The van der Waals surface area contributed by atoms with Gasteiger partial charge in [0.1, 0.15) is 12.4 Å². The van der Waals surface area contributed by atoms with Crippen molar-refractivity contribution in [2.24, 2.45) is 0 Å². The molecule has 0 unspecified atom stereocenters. The molecule has 4 rings (SSSR count). The average molecular weight is 365 g/mol. The van der Waals surface area contributed by atoms with Crippen LogP contribution in [0.15, 0.2) is 48.8 Å². The highest BCUT2D eigenvalue weighted by Gasteiger charge is 2.24. The summed E-state index contributed by atoms with van der Waals surface area (Å²) < 4.78 is 3.78. The molecule has 7 heteroatoms. The number of hydrogen-bond donors (Lipinski definition) is 1. The van der Waals surface area contributed by atoms with Crippen LogP contribution in [0.1, 0.15) is 30.8 Å². The van der Waals surface area contributed by atoms with Crippen molar-refractivity contribution in [3.63, 3.8) is 0 Å². The van der Waals surface area contributed by atoms with Crippen LogP contribution in [0.2, 0.25) is 0 Å². The molecule has 0 spiro atoms. The Morgan fingerprint density at radius 3 is 2.85 bits per heavy atom. The zero-order valence-electron chi connectivity index (χ0n) is 15.3. The molecule has 27 heavy (non-hydrogen) atoms. The number of benzene rings is 1. The zero-order chi connectivity index (χ0) is 18.8. The molecule has 7 nitrogen and oxygen atoms in total. The number of rotatable bonds is 5. The lowest BCUT2D eigenvalue weighted by Crippen LogP contribution is -2.40. The Bertz CT molecular complexity index is 931. The first kappa shape index (κ1) is 17.5. The van der Waals surface area contributed by atoms with Crippen LogP contribution < -0.4 is 0 Å². The number of nitrogens with zero attached hydrogens (tertiary/aromatic N) is 5. The molecular formula is C20H23N5O2. The number of aliphatic hydroxyl groups is 1. The van der Waals surface area contributed by atoms with E-state index in [1.54, 1.807) is 6.20 Å². The highest BCUT2D eigenvalue weighted by Crippen LogP contribution is 2.21. The molecule has 2 aromatic heterocycles. The number of fused-ring (bicyclic) bond motifs is 1. The summed E-state index contributed by atoms with van der Waals surface area (Å²) in [7, 11) is 0. The molecule has 140 valence electrons. The lowest BCUT2D eigenvalue weighted by molar-refractivity contribution is -0.133. The minimum atomic E-state index is -0.549. The summed E-state index contributed by atoms with van der Waals surface area (Å²) in [6, 6.07) is 11.8. The van der Waals surface area contributed by atoms with Gasteiger partial charge in [-0.3, -0.25) is 9.48 Å². The van der Waals surface area contributed by atoms with Crippen LogP contribution >= 0.6 is 0 Å². The molecule has 0 saturated heterocycles. The highest BCUT2D eigenvalue weighted by atomic mass is 16.3. The van der Waals surface area contributed by atoms with Crippen molar-refractivity contribution in [3.8, 4) is 11.4 Å². The summed E-state index contributed by atoms with van der Waals surface area (Å²) >= 11 is 0. The zero-order valence-corrected chi connectivity index (χ0v) is 15.3. The number of imidazole rings is 1. The third kappa shape index (κ3) is 3.50. The second-order valence-electron chi connectivity index (χ2n) is 6.77. The third-order valence-corrected chi connectivity index (χ3v) is 4.95. The van der Waals surface area contributed by atoms with Crippen LogP contribution in [0.4, 0.5) is 0 Å². The minimum Gasteiger partial charge on any atom is -0.387 e. The van der Waals surface area contributed by atoms with Crippen molar-refractivity contribution in [2.45, 2.75) is 39.1 Å². The predicted molar refractivity (Wildman–Crippen MR) is 101 cm³/mol. The minimum absolute atomic E-state index is 0.0511. The Kier molecular flexibility index (Phi) is 4.77. The van der Waals surface area contributed by atoms with E-state index in [0.717, 1.165) is 17.1 Å². The molecule has 3 aromatic rings. The van der Waals surface area contributed by atoms with E-state index in [2.05, 4.69) is 10.1 Å². The van der Waals surface area contributed by atoms with Crippen molar-refractivity contribution >= 4 is 5.91 Å². The SMILES string of the molecule is CC[C@H](O)c1cc2n(n1)CCN(C(=O)Cn1ccnc1-c1ccccc1)C2. The van der Waals surface area contributed by atoms with Crippen LogP contribution in [0.25, 0.3) is 11.4 Å². The molecular weight excluding hydrogens is 342 g/mol. The molecule has 1 amide bonds. The van der Waals surface area contributed by atoms with Gasteiger partial charge in [-0.25, -0.2) is 4.98 Å². The Labute approximate surface area is 157 Å². The van der Waals surface area contributed by atoms with Gasteiger partial charge in [0.05, 0.1) is 30.6 Å². The fraction of sp³-hybridized carbons (Fsp3) is 0.350. The molecule has 3 heterocycles. The van der Waals surface area contributed by atoms with Gasteiger partial charge in [0, 0.05) is 24.5 Å². The molecule has 0 saturated carbocycles. The van der Waals surface area contributed by atoms with Gasteiger partial charge in [0.15, 0.2) is 0 Å². The van der Waals surface area contributed by atoms with E-state index in [0.29, 0.717) is 31.7 Å². The molecule has 1 N–H and O–H groups in total. The van der Waals surface area contributed by atoms with E-state index < -0.39 is 6.10 Å².